The maximum absolute atomic E-state index is 14.8. The molecule has 3 aromatic rings. The highest BCUT2D eigenvalue weighted by Crippen LogP contribution is 2.47. The fraction of sp³-hybridized carbons (Fsp3) is 0.379. The lowest BCUT2D eigenvalue weighted by atomic mass is 10.0. The number of rotatable bonds is 8. The molecular formula is C29H30F2N4O5. The van der Waals surface area contributed by atoms with Crippen molar-refractivity contribution in [1.29, 1.82) is 0 Å². The summed E-state index contributed by atoms with van der Waals surface area (Å²) in [6, 6.07) is 12.6. The molecule has 3 N–H and O–H groups in total. The van der Waals surface area contributed by atoms with Gasteiger partial charge in [-0.25, -0.2) is 13.8 Å². The largest absolute Gasteiger partial charge is 0.484 e. The van der Waals surface area contributed by atoms with Crippen LogP contribution in [0.5, 0.6) is 5.75 Å². The van der Waals surface area contributed by atoms with E-state index in [0.29, 0.717) is 17.1 Å². The molecular weight excluding hydrogens is 522 g/mol. The number of carbonyl (C=O) groups is 2. The second-order valence-electron chi connectivity index (χ2n) is 10.2. The van der Waals surface area contributed by atoms with Crippen LogP contribution in [0.25, 0.3) is 11.1 Å². The number of hydrogen-bond donors (Lipinski definition) is 3. The van der Waals surface area contributed by atoms with Crippen LogP contribution in [0.15, 0.2) is 61.1 Å². The number of aromatic nitrogens is 2. The number of piperidine rings is 1. The third-order valence-corrected chi connectivity index (χ3v) is 7.33. The molecule has 0 radical (unpaired) electrons. The van der Waals surface area contributed by atoms with Gasteiger partial charge >= 0.3 is 5.92 Å². The zero-order chi connectivity index (χ0) is 28.4. The lowest BCUT2D eigenvalue weighted by molar-refractivity contribution is -0.167. The number of nitrogens with zero attached hydrogens (tertiary/aromatic N) is 3. The fourth-order valence-electron chi connectivity index (χ4n) is 5.00. The smallest absolute Gasteiger partial charge is 0.301 e. The van der Waals surface area contributed by atoms with E-state index in [4.69, 9.17) is 9.84 Å². The first kappa shape index (κ1) is 27.6. The van der Waals surface area contributed by atoms with Gasteiger partial charge in [0.05, 0.1) is 13.2 Å². The number of carbonyl (C=O) groups excluding carboxylic acids is 2. The number of anilines is 1. The zero-order valence-electron chi connectivity index (χ0n) is 21.8. The molecule has 2 fully saturated rings. The number of aryl methyl sites for hydroxylation is 1. The molecule has 1 aliphatic carbocycles. The quantitative estimate of drug-likeness (QED) is 0.392. The van der Waals surface area contributed by atoms with E-state index in [1.807, 2.05) is 18.2 Å². The Labute approximate surface area is 229 Å². The van der Waals surface area contributed by atoms with E-state index in [1.165, 1.54) is 0 Å². The maximum Gasteiger partial charge on any atom is 0.301 e. The van der Waals surface area contributed by atoms with Gasteiger partial charge in [-0.15, -0.1) is 0 Å². The molecule has 9 nitrogen and oxygen atoms in total. The number of aliphatic hydroxyl groups excluding tert-OH is 2. The van der Waals surface area contributed by atoms with Crippen LogP contribution in [0.1, 0.15) is 29.9 Å². The van der Waals surface area contributed by atoms with Crippen LogP contribution >= 0.6 is 0 Å². The lowest BCUT2D eigenvalue weighted by Crippen LogP contribution is -2.57. The summed E-state index contributed by atoms with van der Waals surface area (Å²) in [6.07, 6.45) is 2.54. The van der Waals surface area contributed by atoms with Gasteiger partial charge in [0.25, 0.3) is 5.91 Å². The Kier molecular flexibility index (Phi) is 7.77. The summed E-state index contributed by atoms with van der Waals surface area (Å²) >= 11 is 0. The number of ether oxygens (including phenoxy) is 1. The summed E-state index contributed by atoms with van der Waals surface area (Å²) in [4.78, 5) is 34.0. The molecule has 3 heterocycles. The lowest BCUT2D eigenvalue weighted by Gasteiger charge is -2.38. The molecule has 1 saturated carbocycles. The van der Waals surface area contributed by atoms with Gasteiger partial charge in [-0.2, -0.15) is 0 Å². The number of alkyl halides is 2. The maximum atomic E-state index is 14.8. The molecule has 11 heteroatoms. The predicted molar refractivity (Wildman–Crippen MR) is 142 cm³/mol. The first-order chi connectivity index (χ1) is 19.2. The zero-order valence-corrected chi connectivity index (χ0v) is 21.8. The molecule has 1 saturated heterocycles. The van der Waals surface area contributed by atoms with E-state index in [2.05, 4.69) is 15.3 Å². The minimum absolute atomic E-state index is 0.0252. The third-order valence-electron chi connectivity index (χ3n) is 7.33. The number of nitrogens with one attached hydrogen (secondary N) is 1. The van der Waals surface area contributed by atoms with Gasteiger partial charge < -0.3 is 25.2 Å². The Balaban J connectivity index is 1.22. The summed E-state index contributed by atoms with van der Waals surface area (Å²) in [6.45, 7) is -0.00363. The predicted octanol–water partition coefficient (Wildman–Crippen LogP) is 3.16. The summed E-state index contributed by atoms with van der Waals surface area (Å²) in [5, 5.41) is 21.3. The van der Waals surface area contributed by atoms with E-state index in [0.717, 1.165) is 28.0 Å². The first-order valence-electron chi connectivity index (χ1n) is 13.1. The molecule has 2 aromatic heterocycles. The van der Waals surface area contributed by atoms with Crippen LogP contribution in [-0.4, -0.2) is 74.7 Å². The van der Waals surface area contributed by atoms with Crippen molar-refractivity contribution in [3.8, 4) is 16.9 Å². The average Bonchev–Trinajstić information content (AvgIpc) is 3.76. The summed E-state index contributed by atoms with van der Waals surface area (Å²) in [5.74, 6) is -3.64. The summed E-state index contributed by atoms with van der Waals surface area (Å²) in [5.41, 5.74) is 3.27. The molecule has 40 heavy (non-hydrogen) atoms. The van der Waals surface area contributed by atoms with Crippen molar-refractivity contribution in [3.63, 3.8) is 0 Å². The Morgan fingerprint density at radius 2 is 2.00 bits per heavy atom. The molecule has 2 amide bonds. The van der Waals surface area contributed by atoms with Gasteiger partial charge in [0, 0.05) is 37.5 Å². The van der Waals surface area contributed by atoms with E-state index >= 15 is 0 Å². The summed E-state index contributed by atoms with van der Waals surface area (Å²) < 4.78 is 35.4. The van der Waals surface area contributed by atoms with Crippen LogP contribution in [0.4, 0.5) is 14.6 Å². The SMILES string of the molecule is Cc1cc(-c2ccnc(NC(=O)[C@H]3C[C@@H]3c3cccnc3)c2)ccc1O[C@H]1CCN(C(=O)[C@@H](O)CO)CC1(F)F. The van der Waals surface area contributed by atoms with Crippen LogP contribution in [0, 0.1) is 12.8 Å². The minimum Gasteiger partial charge on any atom is -0.484 e. The van der Waals surface area contributed by atoms with Crippen LogP contribution in [-0.2, 0) is 9.59 Å². The molecule has 0 spiro atoms. The fourth-order valence-corrected chi connectivity index (χ4v) is 5.00. The highest BCUT2D eigenvalue weighted by atomic mass is 19.3. The molecule has 1 aromatic carbocycles. The van der Waals surface area contributed by atoms with Crippen LogP contribution < -0.4 is 10.1 Å². The van der Waals surface area contributed by atoms with Crippen molar-refractivity contribution >= 4 is 17.6 Å². The van der Waals surface area contributed by atoms with Gasteiger partial charge in [0.2, 0.25) is 5.91 Å². The molecule has 1 aliphatic heterocycles. The van der Waals surface area contributed by atoms with Crippen molar-refractivity contribution in [3.05, 3.63) is 72.2 Å². The van der Waals surface area contributed by atoms with Gasteiger partial charge in [-0.05, 0) is 71.8 Å². The van der Waals surface area contributed by atoms with Crippen LogP contribution in [0.2, 0.25) is 0 Å². The number of benzene rings is 1. The Bertz CT molecular complexity index is 1390. The van der Waals surface area contributed by atoms with Gasteiger partial charge in [0.15, 0.2) is 12.2 Å². The molecule has 4 atom stereocenters. The van der Waals surface area contributed by atoms with Crippen molar-refractivity contribution in [2.24, 2.45) is 5.92 Å². The second-order valence-corrected chi connectivity index (χ2v) is 10.2. The normalized spacial score (nSPS) is 22.3. The average molecular weight is 553 g/mol. The Morgan fingerprint density at radius 3 is 2.70 bits per heavy atom. The van der Waals surface area contributed by atoms with E-state index < -0.39 is 37.2 Å². The Hall–Kier alpha value is -3.96. The topological polar surface area (TPSA) is 125 Å². The molecule has 5 rings (SSSR count). The number of pyridine rings is 2. The third kappa shape index (κ3) is 5.95. The number of likely N-dealkylation sites (tertiary alicyclic amines) is 1. The highest BCUT2D eigenvalue weighted by molar-refractivity contribution is 5.95. The standard InChI is InChI=1S/C29H30F2N4O5/c1-17-11-18(4-5-24(17)40-25-7-10-35(16-29(25,30)31)28(39)23(37)15-36)19-6-9-33-26(12-19)34-27(38)22-13-21(22)20-3-2-8-32-14-20/h2-6,8-9,11-12,14,21-23,25,36-37H,7,10,13,15-16H2,1H3,(H,33,34,38)/t21-,22+,23+,25+/m1/s1. The Morgan fingerprint density at radius 1 is 1.20 bits per heavy atom. The highest BCUT2D eigenvalue weighted by Gasteiger charge is 2.48. The number of hydrogen-bond acceptors (Lipinski definition) is 7. The van der Waals surface area contributed by atoms with Crippen molar-refractivity contribution in [2.45, 2.75) is 43.8 Å². The second kappa shape index (κ2) is 11.3. The van der Waals surface area contributed by atoms with Crippen molar-refractivity contribution in [1.82, 2.24) is 14.9 Å². The van der Waals surface area contributed by atoms with Gasteiger partial charge in [-0.1, -0.05) is 12.1 Å². The monoisotopic (exact) mass is 552 g/mol. The van der Waals surface area contributed by atoms with Gasteiger partial charge in [-0.3, -0.25) is 14.6 Å². The summed E-state index contributed by atoms with van der Waals surface area (Å²) in [7, 11) is 0. The number of aliphatic hydroxyl groups is 2. The number of amides is 2. The van der Waals surface area contributed by atoms with E-state index in [-0.39, 0.29) is 30.7 Å². The van der Waals surface area contributed by atoms with Crippen molar-refractivity contribution < 1.29 is 33.3 Å². The van der Waals surface area contributed by atoms with E-state index in [9.17, 15) is 23.5 Å². The molecule has 0 unspecified atom stereocenters. The molecule has 0 bridgehead atoms. The molecule has 210 valence electrons. The first-order valence-corrected chi connectivity index (χ1v) is 13.1. The number of halogens is 2. The molecule has 2 aliphatic rings. The van der Waals surface area contributed by atoms with Crippen LogP contribution in [0.3, 0.4) is 0 Å². The van der Waals surface area contributed by atoms with Crippen molar-refractivity contribution in [2.75, 3.05) is 25.0 Å². The van der Waals surface area contributed by atoms with E-state index in [1.54, 1.807) is 49.8 Å². The minimum atomic E-state index is -3.34. The van der Waals surface area contributed by atoms with Gasteiger partial charge in [0.1, 0.15) is 11.6 Å².